The second-order valence-electron chi connectivity index (χ2n) is 3.95. The van der Waals surface area contributed by atoms with Crippen molar-refractivity contribution in [1.82, 2.24) is 0 Å². The molecule has 4 heteroatoms. The van der Waals surface area contributed by atoms with Crippen molar-refractivity contribution < 1.29 is 0 Å². The van der Waals surface area contributed by atoms with Gasteiger partial charge in [0, 0.05) is 11.7 Å². The molecule has 1 atom stereocenters. The van der Waals surface area contributed by atoms with Gasteiger partial charge in [0.05, 0.1) is 11.3 Å². The van der Waals surface area contributed by atoms with Crippen LogP contribution in [0, 0.1) is 11.3 Å². The number of nitrogens with one attached hydrogen (secondary N) is 1. The molecule has 1 rings (SSSR count). The molecule has 0 aliphatic carbocycles. The van der Waals surface area contributed by atoms with Crippen molar-refractivity contribution >= 4 is 23.1 Å². The standard InChI is InChI=1S/C13H19N3S/c1-3-17-7-6-10(2)16-13-5-4-12(15)8-11(13)9-14/h4-5,8,10,16H,3,6-7,15H2,1-2H3. The summed E-state index contributed by atoms with van der Waals surface area (Å²) in [6.45, 7) is 4.30. The van der Waals surface area contributed by atoms with E-state index in [1.807, 2.05) is 23.9 Å². The van der Waals surface area contributed by atoms with Gasteiger partial charge < -0.3 is 11.1 Å². The second kappa shape index (κ2) is 7.08. The molecule has 1 aromatic rings. The average Bonchev–Trinajstić information content (AvgIpc) is 2.32. The quantitative estimate of drug-likeness (QED) is 0.601. The van der Waals surface area contributed by atoms with E-state index in [2.05, 4.69) is 25.2 Å². The number of thioether (sulfide) groups is 1. The molecule has 17 heavy (non-hydrogen) atoms. The number of hydrogen-bond acceptors (Lipinski definition) is 4. The van der Waals surface area contributed by atoms with Crippen LogP contribution in [0.15, 0.2) is 18.2 Å². The van der Waals surface area contributed by atoms with Gasteiger partial charge in [-0.1, -0.05) is 6.92 Å². The molecule has 0 saturated carbocycles. The summed E-state index contributed by atoms with van der Waals surface area (Å²) >= 11 is 1.93. The third-order valence-corrected chi connectivity index (χ3v) is 3.40. The number of rotatable bonds is 6. The summed E-state index contributed by atoms with van der Waals surface area (Å²) in [6.07, 6.45) is 1.09. The van der Waals surface area contributed by atoms with Gasteiger partial charge in [0.15, 0.2) is 0 Å². The Morgan fingerprint density at radius 2 is 2.29 bits per heavy atom. The average molecular weight is 249 g/mol. The van der Waals surface area contributed by atoms with E-state index < -0.39 is 0 Å². The molecule has 0 bridgehead atoms. The summed E-state index contributed by atoms with van der Waals surface area (Å²) in [4.78, 5) is 0. The molecule has 0 aromatic heterocycles. The zero-order valence-corrected chi connectivity index (χ0v) is 11.2. The lowest BCUT2D eigenvalue weighted by molar-refractivity contribution is 0.771. The first kappa shape index (κ1) is 13.7. The molecule has 0 amide bonds. The van der Waals surface area contributed by atoms with Crippen LogP contribution in [-0.2, 0) is 0 Å². The van der Waals surface area contributed by atoms with Gasteiger partial charge in [-0.15, -0.1) is 0 Å². The number of nitrogens with two attached hydrogens (primary N) is 1. The Morgan fingerprint density at radius 3 is 2.94 bits per heavy atom. The fraction of sp³-hybridized carbons (Fsp3) is 0.462. The van der Waals surface area contributed by atoms with Crippen molar-refractivity contribution in [3.8, 4) is 6.07 Å². The van der Waals surface area contributed by atoms with E-state index in [9.17, 15) is 0 Å². The number of nitrogen functional groups attached to an aromatic ring is 1. The van der Waals surface area contributed by atoms with Crippen molar-refractivity contribution in [3.63, 3.8) is 0 Å². The Bertz CT molecular complexity index is 398. The lowest BCUT2D eigenvalue weighted by Gasteiger charge is -2.16. The number of anilines is 2. The molecule has 1 aromatic carbocycles. The zero-order chi connectivity index (χ0) is 12.7. The predicted molar refractivity (Wildman–Crippen MR) is 76.3 cm³/mol. The molecule has 0 radical (unpaired) electrons. The van der Waals surface area contributed by atoms with Crippen LogP contribution in [-0.4, -0.2) is 17.5 Å². The first-order valence-electron chi connectivity index (χ1n) is 5.81. The second-order valence-corrected chi connectivity index (χ2v) is 5.34. The van der Waals surface area contributed by atoms with Gasteiger partial charge in [-0.25, -0.2) is 0 Å². The summed E-state index contributed by atoms with van der Waals surface area (Å²) < 4.78 is 0. The van der Waals surface area contributed by atoms with Gasteiger partial charge in [0.2, 0.25) is 0 Å². The van der Waals surface area contributed by atoms with E-state index in [1.54, 1.807) is 6.07 Å². The molecule has 92 valence electrons. The van der Waals surface area contributed by atoms with Crippen LogP contribution in [0.2, 0.25) is 0 Å². The molecule has 3 N–H and O–H groups in total. The van der Waals surface area contributed by atoms with Gasteiger partial charge in [0.1, 0.15) is 6.07 Å². The molecule has 0 aliphatic heterocycles. The fourth-order valence-corrected chi connectivity index (χ4v) is 2.33. The molecular formula is C13H19N3S. The Labute approximate surface area is 107 Å². The largest absolute Gasteiger partial charge is 0.399 e. The summed E-state index contributed by atoms with van der Waals surface area (Å²) in [5, 5.41) is 12.4. The van der Waals surface area contributed by atoms with Crippen LogP contribution in [0.3, 0.4) is 0 Å². The molecule has 0 fully saturated rings. The Balaban J connectivity index is 2.59. The zero-order valence-electron chi connectivity index (χ0n) is 10.4. The lowest BCUT2D eigenvalue weighted by Crippen LogP contribution is -2.16. The van der Waals surface area contributed by atoms with Crippen molar-refractivity contribution in [2.45, 2.75) is 26.3 Å². The van der Waals surface area contributed by atoms with Crippen LogP contribution in [0.25, 0.3) is 0 Å². The minimum Gasteiger partial charge on any atom is -0.399 e. The van der Waals surface area contributed by atoms with E-state index in [-0.39, 0.29) is 0 Å². The van der Waals surface area contributed by atoms with E-state index in [4.69, 9.17) is 11.0 Å². The molecule has 1 unspecified atom stereocenters. The summed E-state index contributed by atoms with van der Waals surface area (Å²) in [6, 6.07) is 7.92. The van der Waals surface area contributed by atoms with Gasteiger partial charge in [-0.3, -0.25) is 0 Å². The normalized spacial score (nSPS) is 11.8. The van der Waals surface area contributed by atoms with Crippen molar-refractivity contribution in [1.29, 1.82) is 5.26 Å². The maximum atomic E-state index is 9.02. The summed E-state index contributed by atoms with van der Waals surface area (Å²) in [7, 11) is 0. The first-order chi connectivity index (χ1) is 8.17. The molecule has 3 nitrogen and oxygen atoms in total. The third-order valence-electron chi connectivity index (χ3n) is 2.47. The highest BCUT2D eigenvalue weighted by Crippen LogP contribution is 2.19. The fourth-order valence-electron chi connectivity index (χ4n) is 1.52. The highest BCUT2D eigenvalue weighted by atomic mass is 32.2. The van der Waals surface area contributed by atoms with Gasteiger partial charge in [-0.2, -0.15) is 17.0 Å². The van der Waals surface area contributed by atoms with Gasteiger partial charge in [-0.05, 0) is 43.0 Å². The van der Waals surface area contributed by atoms with Crippen molar-refractivity contribution in [2.24, 2.45) is 0 Å². The minimum absolute atomic E-state index is 0.366. The number of nitriles is 1. The Hall–Kier alpha value is -1.34. The van der Waals surface area contributed by atoms with Gasteiger partial charge >= 0.3 is 0 Å². The first-order valence-corrected chi connectivity index (χ1v) is 6.96. The number of benzene rings is 1. The maximum absolute atomic E-state index is 9.02. The van der Waals surface area contributed by atoms with E-state index >= 15 is 0 Å². The SMILES string of the molecule is CCSCCC(C)Nc1ccc(N)cc1C#N. The van der Waals surface area contributed by atoms with E-state index in [1.165, 1.54) is 0 Å². The summed E-state index contributed by atoms with van der Waals surface area (Å²) in [5.74, 6) is 2.29. The highest BCUT2D eigenvalue weighted by Gasteiger charge is 2.06. The van der Waals surface area contributed by atoms with Crippen LogP contribution in [0.5, 0.6) is 0 Å². The monoisotopic (exact) mass is 249 g/mol. The van der Waals surface area contributed by atoms with Gasteiger partial charge in [0.25, 0.3) is 0 Å². The minimum atomic E-state index is 0.366. The Kier molecular flexibility index (Phi) is 5.71. The number of hydrogen-bond donors (Lipinski definition) is 2. The molecule has 0 aliphatic rings. The Morgan fingerprint density at radius 1 is 1.53 bits per heavy atom. The smallest absolute Gasteiger partial charge is 0.101 e. The van der Waals surface area contributed by atoms with E-state index in [0.29, 0.717) is 17.3 Å². The predicted octanol–water partition coefficient (Wildman–Crippen LogP) is 3.08. The van der Waals surface area contributed by atoms with Crippen LogP contribution >= 0.6 is 11.8 Å². The van der Waals surface area contributed by atoms with Crippen LogP contribution in [0.4, 0.5) is 11.4 Å². The highest BCUT2D eigenvalue weighted by molar-refractivity contribution is 7.99. The maximum Gasteiger partial charge on any atom is 0.101 e. The van der Waals surface area contributed by atoms with Crippen LogP contribution in [0.1, 0.15) is 25.8 Å². The van der Waals surface area contributed by atoms with E-state index in [0.717, 1.165) is 23.6 Å². The number of nitrogens with zero attached hydrogens (tertiary/aromatic N) is 1. The molecule has 0 spiro atoms. The van der Waals surface area contributed by atoms with Crippen molar-refractivity contribution in [3.05, 3.63) is 23.8 Å². The molecular weight excluding hydrogens is 230 g/mol. The summed E-state index contributed by atoms with van der Waals surface area (Å²) in [5.41, 5.74) is 7.76. The lowest BCUT2D eigenvalue weighted by atomic mass is 10.1. The third kappa shape index (κ3) is 4.58. The molecule has 0 heterocycles. The molecule has 0 saturated heterocycles. The topological polar surface area (TPSA) is 61.8 Å². The van der Waals surface area contributed by atoms with Crippen molar-refractivity contribution in [2.75, 3.05) is 22.6 Å². The van der Waals surface area contributed by atoms with Crippen LogP contribution < -0.4 is 11.1 Å².